The highest BCUT2D eigenvalue weighted by Gasteiger charge is 2.32. The van der Waals surface area contributed by atoms with Crippen LogP contribution < -0.4 is 11.1 Å². The molecule has 1 aliphatic rings. The molecule has 0 saturated heterocycles. The molecule has 6 nitrogen and oxygen atoms in total. The Balaban J connectivity index is 2.00. The molecule has 114 valence electrons. The molecule has 2 unspecified atom stereocenters. The summed E-state index contributed by atoms with van der Waals surface area (Å²) in [6.45, 7) is 0. The van der Waals surface area contributed by atoms with Crippen molar-refractivity contribution in [3.8, 4) is 5.75 Å². The largest absolute Gasteiger partial charge is 0.508 e. The molecular weight excluding hydrogens is 272 g/mol. The van der Waals surface area contributed by atoms with Crippen LogP contribution in [0.4, 0.5) is 0 Å². The van der Waals surface area contributed by atoms with Gasteiger partial charge in [0.2, 0.25) is 5.91 Å². The lowest BCUT2D eigenvalue weighted by molar-refractivity contribution is -0.142. The van der Waals surface area contributed by atoms with E-state index in [0.717, 1.165) is 18.4 Å². The van der Waals surface area contributed by atoms with Gasteiger partial charge in [0.25, 0.3) is 0 Å². The van der Waals surface area contributed by atoms with Crippen molar-refractivity contribution in [2.75, 3.05) is 0 Å². The summed E-state index contributed by atoms with van der Waals surface area (Å²) in [4.78, 5) is 23.4. The number of carboxylic acids is 1. The minimum Gasteiger partial charge on any atom is -0.508 e. The number of benzene rings is 1. The van der Waals surface area contributed by atoms with Crippen LogP contribution in [0.2, 0.25) is 0 Å². The summed E-state index contributed by atoms with van der Waals surface area (Å²) in [5.74, 6) is -1.55. The van der Waals surface area contributed by atoms with E-state index in [0.29, 0.717) is 6.42 Å². The fourth-order valence-corrected chi connectivity index (χ4v) is 2.66. The van der Waals surface area contributed by atoms with Crippen molar-refractivity contribution < 1.29 is 19.8 Å². The third-order valence-electron chi connectivity index (χ3n) is 3.90. The fourth-order valence-electron chi connectivity index (χ4n) is 2.66. The Labute approximate surface area is 123 Å². The summed E-state index contributed by atoms with van der Waals surface area (Å²) in [6, 6.07) is 5.08. The van der Waals surface area contributed by atoms with Crippen LogP contribution in [0, 0.1) is 5.92 Å². The zero-order valence-corrected chi connectivity index (χ0v) is 11.7. The molecule has 1 aliphatic carbocycles. The number of hydrogen-bond acceptors (Lipinski definition) is 4. The van der Waals surface area contributed by atoms with Crippen LogP contribution in [0.25, 0.3) is 0 Å². The smallest absolute Gasteiger partial charge is 0.326 e. The number of carboxylic acid groups (broad SMARTS) is 1. The van der Waals surface area contributed by atoms with Gasteiger partial charge in [-0.3, -0.25) is 4.79 Å². The summed E-state index contributed by atoms with van der Waals surface area (Å²) in [5, 5.41) is 21.0. The van der Waals surface area contributed by atoms with Crippen LogP contribution in [0.5, 0.6) is 5.75 Å². The predicted octanol–water partition coefficient (Wildman–Crippen LogP) is 0.631. The van der Waals surface area contributed by atoms with Gasteiger partial charge in [-0.2, -0.15) is 0 Å². The maximum absolute atomic E-state index is 12.1. The maximum Gasteiger partial charge on any atom is 0.326 e. The van der Waals surface area contributed by atoms with Gasteiger partial charge < -0.3 is 21.3 Å². The second-order valence-electron chi connectivity index (χ2n) is 5.47. The van der Waals surface area contributed by atoms with Crippen molar-refractivity contribution in [3.05, 3.63) is 29.8 Å². The first-order valence-corrected chi connectivity index (χ1v) is 7.04. The molecular formula is C15H20N2O4. The molecule has 1 aromatic rings. The van der Waals surface area contributed by atoms with Gasteiger partial charge in [0.05, 0.1) is 5.92 Å². The molecule has 5 N–H and O–H groups in total. The number of carbonyl (C=O) groups excluding carboxylic acids is 1. The quantitative estimate of drug-likeness (QED) is 0.636. The summed E-state index contributed by atoms with van der Waals surface area (Å²) < 4.78 is 0. The fraction of sp³-hybridized carbons (Fsp3) is 0.467. The number of hydrogen-bond donors (Lipinski definition) is 4. The molecule has 21 heavy (non-hydrogen) atoms. The van der Waals surface area contributed by atoms with Gasteiger partial charge in [0.1, 0.15) is 11.8 Å². The molecule has 0 aromatic heterocycles. The lowest BCUT2D eigenvalue weighted by Crippen LogP contribution is -2.47. The molecule has 1 aromatic carbocycles. The van der Waals surface area contributed by atoms with Crippen LogP contribution in [-0.4, -0.2) is 34.2 Å². The number of aromatic hydroxyl groups is 1. The maximum atomic E-state index is 12.1. The molecule has 1 saturated carbocycles. The molecule has 3 atom stereocenters. The monoisotopic (exact) mass is 292 g/mol. The number of rotatable bonds is 5. The highest BCUT2D eigenvalue weighted by Crippen LogP contribution is 2.24. The lowest BCUT2D eigenvalue weighted by atomic mass is 10.0. The van der Waals surface area contributed by atoms with Gasteiger partial charge in [-0.25, -0.2) is 4.79 Å². The highest BCUT2D eigenvalue weighted by atomic mass is 16.4. The first kappa shape index (κ1) is 15.3. The van der Waals surface area contributed by atoms with E-state index in [2.05, 4.69) is 5.32 Å². The van der Waals surface area contributed by atoms with E-state index < -0.39 is 12.0 Å². The van der Waals surface area contributed by atoms with E-state index in [4.69, 9.17) is 5.73 Å². The molecule has 2 rings (SSSR count). The van der Waals surface area contributed by atoms with Gasteiger partial charge in [0.15, 0.2) is 0 Å². The van der Waals surface area contributed by atoms with Crippen LogP contribution >= 0.6 is 0 Å². The number of nitrogens with one attached hydrogen (secondary N) is 1. The van der Waals surface area contributed by atoms with Gasteiger partial charge >= 0.3 is 5.97 Å². The van der Waals surface area contributed by atoms with Crippen molar-refractivity contribution in [2.24, 2.45) is 11.7 Å². The molecule has 1 amide bonds. The van der Waals surface area contributed by atoms with E-state index in [1.54, 1.807) is 12.1 Å². The number of amides is 1. The standard InChI is InChI=1S/C15H20N2O4/c16-12-3-1-2-11(12)14(19)17-13(15(20)21)8-9-4-6-10(18)7-5-9/h4-7,11-13,18H,1-3,8,16H2,(H,17,19)(H,20,21)/t11?,12?,13-/m0/s1. The first-order valence-electron chi connectivity index (χ1n) is 7.04. The Kier molecular flexibility index (Phi) is 4.80. The number of nitrogens with two attached hydrogens (primary N) is 1. The minimum atomic E-state index is -1.08. The van der Waals surface area contributed by atoms with E-state index in [1.165, 1.54) is 12.1 Å². The van der Waals surface area contributed by atoms with E-state index in [1.807, 2.05) is 0 Å². The molecule has 0 spiro atoms. The summed E-state index contributed by atoms with van der Waals surface area (Å²) in [6.07, 6.45) is 2.57. The third kappa shape index (κ3) is 3.95. The normalized spacial score (nSPS) is 22.7. The van der Waals surface area contributed by atoms with Gasteiger partial charge in [-0.15, -0.1) is 0 Å². The molecule has 0 heterocycles. The predicted molar refractivity (Wildman–Crippen MR) is 76.7 cm³/mol. The summed E-state index contributed by atoms with van der Waals surface area (Å²) in [7, 11) is 0. The Morgan fingerprint density at radius 2 is 1.95 bits per heavy atom. The number of carbonyl (C=O) groups is 2. The molecule has 1 fully saturated rings. The molecule has 6 heteroatoms. The zero-order valence-electron chi connectivity index (χ0n) is 11.7. The Hall–Kier alpha value is -2.08. The SMILES string of the molecule is NC1CCCC1C(=O)N[C@@H](Cc1ccc(O)cc1)C(=O)O. The van der Waals surface area contributed by atoms with Crippen LogP contribution in [0.15, 0.2) is 24.3 Å². The second-order valence-corrected chi connectivity index (χ2v) is 5.47. The van der Waals surface area contributed by atoms with Gasteiger partial charge in [0, 0.05) is 12.5 Å². The van der Waals surface area contributed by atoms with Crippen molar-refractivity contribution in [1.29, 1.82) is 0 Å². The van der Waals surface area contributed by atoms with Crippen LogP contribution in [0.1, 0.15) is 24.8 Å². The van der Waals surface area contributed by atoms with E-state index in [9.17, 15) is 19.8 Å². The minimum absolute atomic E-state index is 0.117. The molecule has 0 aliphatic heterocycles. The van der Waals surface area contributed by atoms with Crippen LogP contribution in [-0.2, 0) is 16.0 Å². The van der Waals surface area contributed by atoms with E-state index in [-0.39, 0.29) is 30.0 Å². The Morgan fingerprint density at radius 3 is 2.48 bits per heavy atom. The molecule has 0 radical (unpaired) electrons. The van der Waals surface area contributed by atoms with Crippen molar-refractivity contribution in [1.82, 2.24) is 5.32 Å². The van der Waals surface area contributed by atoms with E-state index >= 15 is 0 Å². The van der Waals surface area contributed by atoms with Gasteiger partial charge in [-0.1, -0.05) is 18.6 Å². The Bertz CT molecular complexity index is 515. The zero-order chi connectivity index (χ0) is 15.4. The highest BCUT2D eigenvalue weighted by molar-refractivity contribution is 5.85. The van der Waals surface area contributed by atoms with Crippen molar-refractivity contribution in [3.63, 3.8) is 0 Å². The lowest BCUT2D eigenvalue weighted by Gasteiger charge is -2.19. The van der Waals surface area contributed by atoms with Gasteiger partial charge in [-0.05, 0) is 30.5 Å². The number of aliphatic carboxylic acids is 1. The average Bonchev–Trinajstić information content (AvgIpc) is 2.86. The summed E-state index contributed by atoms with van der Waals surface area (Å²) >= 11 is 0. The number of phenols is 1. The topological polar surface area (TPSA) is 113 Å². The Morgan fingerprint density at radius 1 is 1.29 bits per heavy atom. The van der Waals surface area contributed by atoms with Crippen molar-refractivity contribution in [2.45, 2.75) is 37.8 Å². The van der Waals surface area contributed by atoms with Crippen LogP contribution in [0.3, 0.4) is 0 Å². The molecule has 0 bridgehead atoms. The second kappa shape index (κ2) is 6.58. The van der Waals surface area contributed by atoms with Crippen molar-refractivity contribution >= 4 is 11.9 Å². The summed E-state index contributed by atoms with van der Waals surface area (Å²) in [5.41, 5.74) is 6.60. The number of phenolic OH excluding ortho intramolecular Hbond substituents is 1. The first-order chi connectivity index (χ1) is 9.97. The third-order valence-corrected chi connectivity index (χ3v) is 3.90. The average molecular weight is 292 g/mol.